The molecule has 0 spiro atoms. The van der Waals surface area contributed by atoms with Gasteiger partial charge in [0.25, 0.3) is 0 Å². The van der Waals surface area contributed by atoms with Gasteiger partial charge < -0.3 is 5.32 Å². The second kappa shape index (κ2) is 8.88. The number of nitrogens with zero attached hydrogens (tertiary/aromatic N) is 4. The molecule has 3 aromatic rings. The fourth-order valence-corrected chi connectivity index (χ4v) is 4.49. The molecule has 4 rings (SSSR count). The van der Waals surface area contributed by atoms with E-state index in [4.69, 9.17) is 23.2 Å². The summed E-state index contributed by atoms with van der Waals surface area (Å²) in [6, 6.07) is 6.63. The van der Waals surface area contributed by atoms with Gasteiger partial charge in [-0.3, -0.25) is 14.1 Å². The Labute approximate surface area is 192 Å². The molecule has 3 heterocycles. The predicted molar refractivity (Wildman–Crippen MR) is 116 cm³/mol. The third kappa shape index (κ3) is 4.84. The van der Waals surface area contributed by atoms with Gasteiger partial charge in [-0.2, -0.15) is 13.2 Å². The lowest BCUT2D eigenvalue weighted by molar-refractivity contribution is -0.137. The van der Waals surface area contributed by atoms with Crippen LogP contribution in [0.15, 0.2) is 36.5 Å². The first-order chi connectivity index (χ1) is 15.1. The molecule has 6 nitrogen and oxygen atoms in total. The van der Waals surface area contributed by atoms with Crippen molar-refractivity contribution in [3.8, 4) is 0 Å². The van der Waals surface area contributed by atoms with Gasteiger partial charge in [0.2, 0.25) is 5.91 Å². The minimum absolute atomic E-state index is 0.155. The van der Waals surface area contributed by atoms with Crippen molar-refractivity contribution in [2.24, 2.45) is 0 Å². The quantitative estimate of drug-likeness (QED) is 0.547. The van der Waals surface area contributed by atoms with Gasteiger partial charge in [-0.1, -0.05) is 23.2 Å². The number of halogens is 5. The molecule has 1 saturated heterocycles. The van der Waals surface area contributed by atoms with Gasteiger partial charge in [-0.15, -0.1) is 10.2 Å². The number of hydrogen-bond acceptors (Lipinski definition) is 4. The van der Waals surface area contributed by atoms with E-state index in [1.54, 1.807) is 25.1 Å². The van der Waals surface area contributed by atoms with E-state index in [1.807, 2.05) is 4.90 Å². The summed E-state index contributed by atoms with van der Waals surface area (Å²) in [6.45, 7) is 2.95. The Balaban J connectivity index is 1.51. The van der Waals surface area contributed by atoms with Crippen LogP contribution in [0.25, 0.3) is 5.65 Å². The summed E-state index contributed by atoms with van der Waals surface area (Å²) >= 11 is 12.0. The Morgan fingerprint density at radius 1 is 1.19 bits per heavy atom. The number of anilines is 1. The molecule has 0 saturated carbocycles. The lowest BCUT2D eigenvalue weighted by atomic mass is 9.96. The number of aromatic nitrogens is 3. The van der Waals surface area contributed by atoms with Crippen LogP contribution in [0, 0.1) is 0 Å². The number of fused-ring (bicyclic) bond motifs is 1. The highest BCUT2D eigenvalue weighted by molar-refractivity contribution is 6.35. The topological polar surface area (TPSA) is 62.5 Å². The zero-order chi connectivity index (χ0) is 23.0. The van der Waals surface area contributed by atoms with Gasteiger partial charge in [0.05, 0.1) is 11.6 Å². The molecule has 32 heavy (non-hydrogen) atoms. The zero-order valence-electron chi connectivity index (χ0n) is 17.0. The number of carbonyl (C=O) groups is 1. The van der Waals surface area contributed by atoms with Gasteiger partial charge in [0, 0.05) is 34.4 Å². The number of amides is 1. The number of rotatable bonds is 4. The van der Waals surface area contributed by atoms with E-state index in [9.17, 15) is 18.0 Å². The Kier molecular flexibility index (Phi) is 6.33. The van der Waals surface area contributed by atoms with Crippen molar-refractivity contribution in [3.05, 3.63) is 58.0 Å². The lowest BCUT2D eigenvalue weighted by Crippen LogP contribution is -2.46. The number of carbonyl (C=O) groups excluding carboxylic acids is 1. The molecule has 0 unspecified atom stereocenters. The maximum absolute atomic E-state index is 13.2. The van der Waals surface area contributed by atoms with E-state index in [-0.39, 0.29) is 11.8 Å². The summed E-state index contributed by atoms with van der Waals surface area (Å²) < 4.78 is 40.9. The Morgan fingerprint density at radius 3 is 2.59 bits per heavy atom. The summed E-state index contributed by atoms with van der Waals surface area (Å²) in [4.78, 5) is 14.8. The van der Waals surface area contributed by atoms with E-state index < -0.39 is 17.8 Å². The van der Waals surface area contributed by atoms with Crippen LogP contribution in [0.2, 0.25) is 10.0 Å². The largest absolute Gasteiger partial charge is 0.417 e. The van der Waals surface area contributed by atoms with E-state index in [0.717, 1.165) is 25.1 Å². The molecule has 1 aliphatic heterocycles. The number of benzene rings is 1. The van der Waals surface area contributed by atoms with E-state index in [2.05, 4.69) is 15.5 Å². The number of hydrogen-bond donors (Lipinski definition) is 1. The Hall–Kier alpha value is -2.36. The van der Waals surface area contributed by atoms with Crippen LogP contribution in [0.4, 0.5) is 18.9 Å². The maximum Gasteiger partial charge on any atom is 0.417 e. The normalized spacial score (nSPS) is 18.6. The summed E-state index contributed by atoms with van der Waals surface area (Å²) in [5.74, 6) is 0.0811. The van der Waals surface area contributed by atoms with Crippen LogP contribution in [0.3, 0.4) is 0 Å². The van der Waals surface area contributed by atoms with Crippen molar-refractivity contribution in [1.29, 1.82) is 0 Å². The van der Waals surface area contributed by atoms with Gasteiger partial charge >= 0.3 is 6.18 Å². The van der Waals surface area contributed by atoms with Gasteiger partial charge in [-0.25, -0.2) is 0 Å². The molecule has 1 amide bonds. The number of alkyl halides is 3. The first-order valence-electron chi connectivity index (χ1n) is 10.0. The molecule has 0 radical (unpaired) electrons. The molecule has 0 aliphatic carbocycles. The van der Waals surface area contributed by atoms with Crippen molar-refractivity contribution in [3.63, 3.8) is 0 Å². The van der Waals surface area contributed by atoms with Crippen molar-refractivity contribution in [1.82, 2.24) is 19.5 Å². The van der Waals surface area contributed by atoms with E-state index in [1.165, 1.54) is 10.5 Å². The van der Waals surface area contributed by atoms with E-state index in [0.29, 0.717) is 40.3 Å². The molecule has 170 valence electrons. The third-order valence-electron chi connectivity index (χ3n) is 5.63. The summed E-state index contributed by atoms with van der Waals surface area (Å²) in [5.41, 5.74) is 0.0939. The highest BCUT2D eigenvalue weighted by atomic mass is 35.5. The van der Waals surface area contributed by atoms with Crippen LogP contribution in [0.5, 0.6) is 0 Å². The Morgan fingerprint density at radius 2 is 1.91 bits per heavy atom. The fourth-order valence-electron chi connectivity index (χ4n) is 3.96. The molecule has 1 N–H and O–H groups in total. The van der Waals surface area contributed by atoms with Crippen LogP contribution in [-0.4, -0.2) is 44.5 Å². The molecule has 0 bridgehead atoms. The van der Waals surface area contributed by atoms with Crippen LogP contribution in [0.1, 0.15) is 37.1 Å². The Bertz CT molecular complexity index is 1130. The minimum Gasteiger partial charge on any atom is -0.325 e. The molecular formula is C21H20Cl2F3N5O. The maximum atomic E-state index is 13.2. The summed E-state index contributed by atoms with van der Waals surface area (Å²) in [6.07, 6.45) is -1.91. The van der Waals surface area contributed by atoms with E-state index >= 15 is 0 Å². The summed E-state index contributed by atoms with van der Waals surface area (Å²) in [5, 5.41) is 11.8. The summed E-state index contributed by atoms with van der Waals surface area (Å²) in [7, 11) is 0. The van der Waals surface area contributed by atoms with Crippen molar-refractivity contribution < 1.29 is 18.0 Å². The van der Waals surface area contributed by atoms with Crippen LogP contribution >= 0.6 is 23.2 Å². The molecule has 1 fully saturated rings. The first-order valence-corrected chi connectivity index (χ1v) is 10.8. The molecule has 2 atom stereocenters. The molecule has 2 aromatic heterocycles. The highest BCUT2D eigenvalue weighted by Crippen LogP contribution is 2.32. The van der Waals surface area contributed by atoms with Crippen molar-refractivity contribution in [2.45, 2.75) is 37.9 Å². The molecule has 1 aromatic carbocycles. The number of piperidine rings is 1. The van der Waals surface area contributed by atoms with Crippen LogP contribution < -0.4 is 5.32 Å². The first kappa shape index (κ1) is 22.8. The average Bonchev–Trinajstić information content (AvgIpc) is 3.15. The standard InChI is InChI=1S/C21H20Cl2F3N5O/c1-12(20(32)27-17-8-15(22)7-16(23)9-17)30-6-2-3-13(10-30)19-29-28-18-5-4-14(11-31(18)19)21(24,25)26/h4-5,7-9,11-13H,2-3,6,10H2,1H3,(H,27,32)/t12-,13-/m0/s1. The zero-order valence-corrected chi connectivity index (χ0v) is 18.5. The second-order valence-corrected chi connectivity index (χ2v) is 8.73. The van der Waals surface area contributed by atoms with Crippen molar-refractivity contribution in [2.75, 3.05) is 18.4 Å². The second-order valence-electron chi connectivity index (χ2n) is 7.86. The average molecular weight is 486 g/mol. The third-order valence-corrected chi connectivity index (χ3v) is 6.07. The molecule has 1 aliphatic rings. The number of nitrogens with one attached hydrogen (secondary N) is 1. The SMILES string of the molecule is C[C@@H](C(=O)Nc1cc(Cl)cc(Cl)c1)N1CCC[C@H](c2nnc3ccc(C(F)(F)F)cn23)C1. The van der Waals surface area contributed by atoms with Gasteiger partial charge in [0.1, 0.15) is 5.82 Å². The fraction of sp³-hybridized carbons (Fsp3) is 0.381. The lowest BCUT2D eigenvalue weighted by Gasteiger charge is -2.35. The van der Waals surface area contributed by atoms with Crippen LogP contribution in [-0.2, 0) is 11.0 Å². The monoisotopic (exact) mass is 485 g/mol. The number of likely N-dealkylation sites (tertiary alicyclic amines) is 1. The van der Waals surface area contributed by atoms with Gasteiger partial charge in [0.15, 0.2) is 5.65 Å². The molecular weight excluding hydrogens is 466 g/mol. The van der Waals surface area contributed by atoms with Crippen molar-refractivity contribution >= 4 is 40.4 Å². The smallest absolute Gasteiger partial charge is 0.325 e. The van der Waals surface area contributed by atoms with Gasteiger partial charge in [-0.05, 0) is 56.6 Å². The minimum atomic E-state index is -4.45. The predicted octanol–water partition coefficient (Wildman–Crippen LogP) is 5.26. The highest BCUT2D eigenvalue weighted by Gasteiger charge is 2.33. The molecule has 11 heteroatoms. The number of pyridine rings is 1.